The van der Waals surface area contributed by atoms with Crippen molar-refractivity contribution >= 4 is 55.2 Å². The molecule has 0 bridgehead atoms. The van der Waals surface area contributed by atoms with Crippen LogP contribution in [0.1, 0.15) is 16.7 Å². The zero-order chi connectivity index (χ0) is 32.6. The number of hydrogen-bond donors (Lipinski definition) is 0. The summed E-state index contributed by atoms with van der Waals surface area (Å²) in [7, 11) is 0. The molecule has 232 valence electrons. The number of aromatic nitrogens is 1. The summed E-state index contributed by atoms with van der Waals surface area (Å²) in [4.78, 5) is 0. The summed E-state index contributed by atoms with van der Waals surface area (Å²) in [5, 5.41) is 2.56. The number of allylic oxidation sites excluding steroid dienone is 3. The van der Waals surface area contributed by atoms with Gasteiger partial charge in [-0.2, -0.15) is 0 Å². The molecular formula is C47H32IN. The molecule has 0 N–H and O–H groups in total. The van der Waals surface area contributed by atoms with E-state index in [1.54, 1.807) is 0 Å². The maximum absolute atomic E-state index is 2.44. The Morgan fingerprint density at radius 1 is 0.347 bits per heavy atom. The first-order valence-corrected chi connectivity index (χ1v) is 18.8. The van der Waals surface area contributed by atoms with E-state index in [-0.39, 0.29) is 0 Å². The molecule has 0 atom stereocenters. The van der Waals surface area contributed by atoms with Crippen LogP contribution in [0.15, 0.2) is 194 Å². The lowest BCUT2D eigenvalue weighted by Gasteiger charge is -2.16. The molecule has 1 nitrogen and oxygen atoms in total. The normalized spacial score (nSPS) is 13.0. The lowest BCUT2D eigenvalue weighted by Crippen LogP contribution is -2.00. The highest BCUT2D eigenvalue weighted by Crippen LogP contribution is 2.39. The highest BCUT2D eigenvalue weighted by Gasteiger charge is 2.15. The van der Waals surface area contributed by atoms with E-state index in [0.717, 1.165) is 0 Å². The Balaban J connectivity index is 1.12. The number of halogens is 1. The maximum atomic E-state index is 2.44. The van der Waals surface area contributed by atoms with E-state index in [4.69, 9.17) is 0 Å². The van der Waals surface area contributed by atoms with E-state index < -0.39 is 20.7 Å². The number of rotatable bonds is 6. The predicted octanol–water partition coefficient (Wildman–Crippen LogP) is 12.7. The van der Waals surface area contributed by atoms with Crippen LogP contribution in [0.3, 0.4) is 0 Å². The smallest absolute Gasteiger partial charge is 0.0541 e. The van der Waals surface area contributed by atoms with Crippen molar-refractivity contribution in [3.05, 3.63) is 211 Å². The summed E-state index contributed by atoms with van der Waals surface area (Å²) in [6, 6.07) is 66.1. The summed E-state index contributed by atoms with van der Waals surface area (Å²) < 4.78 is 5.27. The van der Waals surface area contributed by atoms with Crippen LogP contribution < -0.4 is 0 Å². The van der Waals surface area contributed by atoms with Gasteiger partial charge in [-0.15, -0.1) is 0 Å². The number of nitrogens with zero attached hydrogens (tertiary/aromatic N) is 1. The Morgan fingerprint density at radius 3 is 1.55 bits per heavy atom. The fraction of sp³-hybridized carbons (Fsp3) is 0. The van der Waals surface area contributed by atoms with Crippen LogP contribution >= 0.6 is 20.7 Å². The molecule has 0 spiro atoms. The fourth-order valence-corrected chi connectivity index (χ4v) is 9.80. The molecule has 2 heterocycles. The van der Waals surface area contributed by atoms with Gasteiger partial charge in [-0.3, -0.25) is 0 Å². The average Bonchev–Trinajstić information content (AvgIpc) is 3.53. The summed E-state index contributed by atoms with van der Waals surface area (Å²) >= 11 is -0.399. The van der Waals surface area contributed by atoms with Crippen molar-refractivity contribution in [1.29, 1.82) is 0 Å². The first kappa shape index (κ1) is 29.6. The van der Waals surface area contributed by atoms with Crippen molar-refractivity contribution in [3.8, 4) is 27.9 Å². The summed E-state index contributed by atoms with van der Waals surface area (Å²) in [5.74, 6) is 0. The topological polar surface area (TPSA) is 4.93 Å². The molecule has 0 unspecified atom stereocenters. The molecule has 1 aromatic heterocycles. The van der Waals surface area contributed by atoms with Gasteiger partial charge in [0.2, 0.25) is 0 Å². The molecular weight excluding hydrogens is 705 g/mol. The highest BCUT2D eigenvalue weighted by molar-refractivity contribution is 14.2. The largest absolute Gasteiger partial charge is 0.309 e. The van der Waals surface area contributed by atoms with Crippen molar-refractivity contribution in [2.75, 3.05) is 0 Å². The Bertz CT molecular complexity index is 2510. The number of para-hydroxylation sites is 2. The second-order valence-corrected chi connectivity index (χ2v) is 15.2. The molecule has 8 aromatic rings. The summed E-state index contributed by atoms with van der Waals surface area (Å²) in [5.41, 5.74) is 13.7. The van der Waals surface area contributed by atoms with Crippen molar-refractivity contribution in [2.24, 2.45) is 0 Å². The van der Waals surface area contributed by atoms with E-state index in [9.17, 15) is 0 Å². The van der Waals surface area contributed by atoms with E-state index in [1.165, 1.54) is 79.1 Å². The van der Waals surface area contributed by atoms with Crippen LogP contribution in [-0.2, 0) is 0 Å². The Hall–Kier alpha value is -5.58. The van der Waals surface area contributed by atoms with Gasteiger partial charge in [-0.25, -0.2) is 0 Å². The van der Waals surface area contributed by atoms with Gasteiger partial charge < -0.3 is 4.57 Å². The Labute approximate surface area is 296 Å². The van der Waals surface area contributed by atoms with E-state index >= 15 is 0 Å². The monoisotopic (exact) mass is 737 g/mol. The van der Waals surface area contributed by atoms with Crippen molar-refractivity contribution in [3.63, 3.8) is 0 Å². The van der Waals surface area contributed by atoms with E-state index in [1.807, 2.05) is 0 Å². The lowest BCUT2D eigenvalue weighted by molar-refractivity contribution is 1.18. The number of hydrogen-bond acceptors (Lipinski definition) is 0. The molecule has 0 fully saturated rings. The second kappa shape index (κ2) is 12.8. The van der Waals surface area contributed by atoms with Crippen LogP contribution in [0, 0.1) is 0 Å². The maximum Gasteiger partial charge on any atom is 0.0541 e. The predicted molar refractivity (Wildman–Crippen MR) is 219 cm³/mol. The molecule has 1 aliphatic rings. The molecule has 9 rings (SSSR count). The van der Waals surface area contributed by atoms with Crippen LogP contribution in [0.5, 0.6) is 0 Å². The lowest BCUT2D eigenvalue weighted by atomic mass is 9.97. The minimum absolute atomic E-state index is 0.399. The number of fused-ring (bicyclic) bond motifs is 3. The van der Waals surface area contributed by atoms with Crippen LogP contribution in [-0.4, -0.2) is 8.08 Å². The van der Waals surface area contributed by atoms with Gasteiger partial charge in [0.15, 0.2) is 0 Å². The molecule has 1 aliphatic heterocycles. The molecule has 0 radical (unpaired) electrons. The molecule has 49 heavy (non-hydrogen) atoms. The Morgan fingerprint density at radius 2 is 0.857 bits per heavy atom. The van der Waals surface area contributed by atoms with Gasteiger partial charge in [0.05, 0.1) is 11.0 Å². The molecule has 0 saturated heterocycles. The van der Waals surface area contributed by atoms with Gasteiger partial charge in [0.25, 0.3) is 0 Å². The third-order valence-corrected chi connectivity index (χ3v) is 12.3. The van der Waals surface area contributed by atoms with Crippen molar-refractivity contribution in [1.82, 2.24) is 4.57 Å². The summed E-state index contributed by atoms with van der Waals surface area (Å²) in [6.45, 7) is 0. The SMILES string of the molecule is C1=C(c2ccc(-c3ccccc3)cc2)C=C(c2ccccc2)I=C1c1cccc(-c2cccc(-n3c4ccccc4c4ccccc43)c2)c1. The zero-order valence-corrected chi connectivity index (χ0v) is 29.0. The summed E-state index contributed by atoms with van der Waals surface area (Å²) in [6.07, 6.45) is 4.85. The zero-order valence-electron chi connectivity index (χ0n) is 26.8. The van der Waals surface area contributed by atoms with Crippen molar-refractivity contribution < 1.29 is 0 Å². The molecule has 7 aromatic carbocycles. The first-order chi connectivity index (χ1) is 24.3. The van der Waals surface area contributed by atoms with Gasteiger partial charge >= 0.3 is 0 Å². The minimum atomic E-state index is -0.399. The molecule has 2 heteroatoms. The van der Waals surface area contributed by atoms with Gasteiger partial charge in [0, 0.05) is 23.5 Å². The quantitative estimate of drug-likeness (QED) is 0.150. The van der Waals surface area contributed by atoms with E-state index in [0.29, 0.717) is 0 Å². The first-order valence-electron chi connectivity index (χ1n) is 16.6. The van der Waals surface area contributed by atoms with Crippen LogP contribution in [0.4, 0.5) is 0 Å². The fourth-order valence-electron chi connectivity index (χ4n) is 6.88. The highest BCUT2D eigenvalue weighted by atomic mass is 127. The Kier molecular flexibility index (Phi) is 7.72. The van der Waals surface area contributed by atoms with Crippen LogP contribution in [0.25, 0.3) is 58.9 Å². The third-order valence-electron chi connectivity index (χ3n) is 9.30. The number of benzene rings is 7. The second-order valence-electron chi connectivity index (χ2n) is 12.3. The van der Waals surface area contributed by atoms with Gasteiger partial charge in [0.1, 0.15) is 0 Å². The third kappa shape index (κ3) is 5.68. The molecule has 0 saturated carbocycles. The average molecular weight is 738 g/mol. The van der Waals surface area contributed by atoms with E-state index in [2.05, 4.69) is 199 Å². The van der Waals surface area contributed by atoms with Crippen molar-refractivity contribution in [2.45, 2.75) is 0 Å². The molecule has 0 aliphatic carbocycles. The van der Waals surface area contributed by atoms with Gasteiger partial charge in [-0.1, -0.05) is 172 Å². The minimum Gasteiger partial charge on any atom is -0.309 e. The van der Waals surface area contributed by atoms with Gasteiger partial charge in [-0.05, 0) is 87.0 Å². The molecule has 0 amide bonds. The standard InChI is InChI=1S/C47H32IN/c1-3-13-33(14-4-1)34-25-27-35(28-26-34)40-31-44(36-15-5-2-6-16-36)48-45(32-40)39-19-11-17-37(29-39)38-18-12-20-41(30-38)49-46-23-9-7-21-42(46)43-22-8-10-24-47(43)49/h1-32H. The van der Waals surface area contributed by atoms with Crippen LogP contribution in [0.2, 0.25) is 0 Å².